The number of hydrogen-bond donors (Lipinski definition) is 2. The fraction of sp³-hybridized carbons (Fsp3) is 0.192. The Labute approximate surface area is 192 Å². The van der Waals surface area contributed by atoms with Gasteiger partial charge in [0.2, 0.25) is 0 Å². The number of benzene rings is 3. The highest BCUT2D eigenvalue weighted by Crippen LogP contribution is 2.39. The second kappa shape index (κ2) is 8.24. The number of ether oxygens (including phenoxy) is 1. The molecule has 0 saturated carbocycles. The maximum atomic E-state index is 13.4. The van der Waals surface area contributed by atoms with Gasteiger partial charge in [-0.2, -0.15) is 0 Å². The number of methoxy groups -OCH3 is 1. The number of urea groups is 1. The topological polar surface area (TPSA) is 57.4 Å². The van der Waals surface area contributed by atoms with Crippen LogP contribution in [0.3, 0.4) is 0 Å². The van der Waals surface area contributed by atoms with Gasteiger partial charge in [-0.15, -0.1) is 0 Å². The Morgan fingerprint density at radius 2 is 1.84 bits per heavy atom. The highest BCUT2D eigenvalue weighted by Gasteiger charge is 2.34. The summed E-state index contributed by atoms with van der Waals surface area (Å²) in [5, 5.41) is 4.88. The molecule has 2 amide bonds. The molecule has 0 bridgehead atoms. The highest BCUT2D eigenvalue weighted by molar-refractivity contribution is 6.31. The molecule has 4 aromatic rings. The molecule has 2 N–H and O–H groups in total. The number of amides is 2. The van der Waals surface area contributed by atoms with Crippen molar-refractivity contribution in [1.29, 1.82) is 0 Å². The Hall–Kier alpha value is -3.44. The van der Waals surface area contributed by atoms with Gasteiger partial charge in [-0.25, -0.2) is 4.79 Å². The molecule has 1 aliphatic rings. The van der Waals surface area contributed by atoms with Crippen LogP contribution in [0.5, 0.6) is 5.75 Å². The summed E-state index contributed by atoms with van der Waals surface area (Å²) in [5.74, 6) is 0.750. The second-order valence-corrected chi connectivity index (χ2v) is 8.56. The molecule has 0 fully saturated rings. The van der Waals surface area contributed by atoms with Crippen LogP contribution in [-0.4, -0.2) is 29.6 Å². The van der Waals surface area contributed by atoms with Crippen LogP contribution in [0, 0.1) is 6.92 Å². The number of aryl methyl sites for hydroxylation is 1. The van der Waals surface area contributed by atoms with Crippen LogP contribution in [0.4, 0.5) is 10.5 Å². The van der Waals surface area contributed by atoms with Crippen LogP contribution in [0.2, 0.25) is 5.02 Å². The van der Waals surface area contributed by atoms with Crippen molar-refractivity contribution in [3.8, 4) is 5.75 Å². The van der Waals surface area contributed by atoms with E-state index < -0.39 is 0 Å². The van der Waals surface area contributed by atoms with E-state index in [0.29, 0.717) is 11.6 Å². The summed E-state index contributed by atoms with van der Waals surface area (Å²) < 4.78 is 5.21. The number of hydrogen-bond acceptors (Lipinski definition) is 2. The third-order valence-electron chi connectivity index (χ3n) is 6.08. The van der Waals surface area contributed by atoms with Gasteiger partial charge < -0.3 is 19.9 Å². The molecule has 162 valence electrons. The number of aromatic nitrogens is 1. The van der Waals surface area contributed by atoms with Crippen LogP contribution in [0.15, 0.2) is 66.7 Å². The van der Waals surface area contributed by atoms with Crippen LogP contribution in [-0.2, 0) is 6.42 Å². The number of nitrogens with one attached hydrogen (secondary N) is 2. The van der Waals surface area contributed by atoms with Crippen molar-refractivity contribution in [1.82, 2.24) is 9.88 Å². The van der Waals surface area contributed by atoms with Crippen molar-refractivity contribution < 1.29 is 9.53 Å². The number of fused-ring (bicyclic) bond motifs is 3. The average Bonchev–Trinajstić information content (AvgIpc) is 3.17. The molecule has 1 aromatic heterocycles. The SMILES string of the molecule is COc1ccc(NC(=O)N2CCc3c([nH]c4ccc(Cl)cc34)[C@H]2c2ccc(C)cc2)cc1. The van der Waals surface area contributed by atoms with E-state index in [-0.39, 0.29) is 12.1 Å². The first-order chi connectivity index (χ1) is 15.5. The van der Waals surface area contributed by atoms with Crippen LogP contribution in [0.25, 0.3) is 10.9 Å². The first-order valence-corrected chi connectivity index (χ1v) is 11.0. The zero-order valence-corrected chi connectivity index (χ0v) is 18.7. The Kier molecular flexibility index (Phi) is 5.27. The number of carbonyl (C=O) groups is 1. The molecule has 0 spiro atoms. The lowest BCUT2D eigenvalue weighted by molar-refractivity contribution is 0.193. The molecular weight excluding hydrogens is 422 g/mol. The fourth-order valence-electron chi connectivity index (χ4n) is 4.44. The van der Waals surface area contributed by atoms with Gasteiger partial charge in [0.05, 0.1) is 13.2 Å². The van der Waals surface area contributed by atoms with Crippen molar-refractivity contribution in [2.24, 2.45) is 0 Å². The third-order valence-corrected chi connectivity index (χ3v) is 6.32. The van der Waals surface area contributed by atoms with E-state index in [4.69, 9.17) is 16.3 Å². The fourth-order valence-corrected chi connectivity index (χ4v) is 4.62. The van der Waals surface area contributed by atoms with E-state index in [0.717, 1.165) is 40.0 Å². The molecule has 3 aromatic carbocycles. The molecule has 0 unspecified atom stereocenters. The predicted octanol–water partition coefficient (Wildman–Crippen LogP) is 6.32. The van der Waals surface area contributed by atoms with E-state index >= 15 is 0 Å². The number of H-pyrrole nitrogens is 1. The summed E-state index contributed by atoms with van der Waals surface area (Å²) in [4.78, 5) is 18.9. The zero-order chi connectivity index (χ0) is 22.2. The first-order valence-electron chi connectivity index (χ1n) is 10.6. The van der Waals surface area contributed by atoms with Gasteiger partial charge in [0.1, 0.15) is 5.75 Å². The molecule has 0 saturated heterocycles. The van der Waals surface area contributed by atoms with Crippen molar-refractivity contribution in [3.05, 3.63) is 94.1 Å². The number of carbonyl (C=O) groups excluding carboxylic acids is 1. The molecule has 6 heteroatoms. The van der Waals surface area contributed by atoms with Gasteiger partial charge >= 0.3 is 6.03 Å². The second-order valence-electron chi connectivity index (χ2n) is 8.12. The minimum absolute atomic E-state index is 0.136. The summed E-state index contributed by atoms with van der Waals surface area (Å²) in [6.45, 7) is 2.67. The molecule has 1 aliphatic heterocycles. The molecule has 5 rings (SSSR count). The van der Waals surface area contributed by atoms with E-state index in [2.05, 4.69) is 41.5 Å². The van der Waals surface area contributed by atoms with Crippen LogP contribution in [0.1, 0.15) is 28.4 Å². The monoisotopic (exact) mass is 445 g/mol. The summed E-state index contributed by atoms with van der Waals surface area (Å²) in [6.07, 6.45) is 0.758. The summed E-state index contributed by atoms with van der Waals surface area (Å²) in [5.41, 5.74) is 6.28. The molecular formula is C26H24ClN3O2. The van der Waals surface area contributed by atoms with Gasteiger partial charge in [0.15, 0.2) is 0 Å². The predicted molar refractivity (Wildman–Crippen MR) is 129 cm³/mol. The van der Waals surface area contributed by atoms with Gasteiger partial charge in [-0.3, -0.25) is 0 Å². The zero-order valence-electron chi connectivity index (χ0n) is 18.0. The normalized spacial score (nSPS) is 15.5. The van der Waals surface area contributed by atoms with Crippen LogP contribution < -0.4 is 10.1 Å². The Morgan fingerprint density at radius 1 is 1.09 bits per heavy atom. The first kappa shape index (κ1) is 20.5. The number of halogens is 1. The van der Waals surface area contributed by atoms with Gasteiger partial charge in [-0.05, 0) is 66.9 Å². The smallest absolute Gasteiger partial charge is 0.322 e. The Balaban J connectivity index is 1.55. The number of anilines is 1. The average molecular weight is 446 g/mol. The lowest BCUT2D eigenvalue weighted by Crippen LogP contribution is -2.43. The minimum Gasteiger partial charge on any atom is -0.497 e. The van der Waals surface area contributed by atoms with E-state index in [1.165, 1.54) is 11.1 Å². The number of rotatable bonds is 3. The van der Waals surface area contributed by atoms with Crippen molar-refractivity contribution in [2.75, 3.05) is 19.0 Å². The highest BCUT2D eigenvalue weighted by atomic mass is 35.5. The molecule has 5 nitrogen and oxygen atoms in total. The summed E-state index contributed by atoms with van der Waals surface area (Å²) in [6, 6.07) is 21.3. The number of nitrogens with zero attached hydrogens (tertiary/aromatic N) is 1. The number of aromatic amines is 1. The van der Waals surface area contributed by atoms with E-state index in [9.17, 15) is 4.79 Å². The Bertz CT molecular complexity index is 1280. The lowest BCUT2D eigenvalue weighted by Gasteiger charge is -2.36. The van der Waals surface area contributed by atoms with Crippen molar-refractivity contribution >= 4 is 34.2 Å². The molecule has 0 aliphatic carbocycles. The summed E-state index contributed by atoms with van der Waals surface area (Å²) >= 11 is 6.28. The van der Waals surface area contributed by atoms with Gasteiger partial charge in [0.25, 0.3) is 0 Å². The maximum Gasteiger partial charge on any atom is 0.322 e. The quantitative estimate of drug-likeness (QED) is 0.387. The van der Waals surface area contributed by atoms with Gasteiger partial charge in [-0.1, -0.05) is 41.4 Å². The Morgan fingerprint density at radius 3 is 2.56 bits per heavy atom. The third kappa shape index (κ3) is 3.69. The summed E-state index contributed by atoms with van der Waals surface area (Å²) in [7, 11) is 1.62. The molecule has 32 heavy (non-hydrogen) atoms. The van der Waals surface area contributed by atoms with E-state index in [1.807, 2.05) is 47.4 Å². The largest absolute Gasteiger partial charge is 0.497 e. The molecule has 1 atom stereocenters. The minimum atomic E-state index is -0.219. The van der Waals surface area contributed by atoms with Crippen molar-refractivity contribution in [2.45, 2.75) is 19.4 Å². The van der Waals surface area contributed by atoms with Crippen LogP contribution >= 0.6 is 11.6 Å². The van der Waals surface area contributed by atoms with Crippen molar-refractivity contribution in [3.63, 3.8) is 0 Å². The molecule has 2 heterocycles. The standard InChI is InChI=1S/C26H24ClN3O2/c1-16-3-5-17(6-4-16)25-24-21(22-15-18(27)7-12-23(22)29-24)13-14-30(25)26(31)28-19-8-10-20(32-2)11-9-19/h3-12,15,25,29H,13-14H2,1-2H3,(H,28,31)/t25-/m1/s1. The molecule has 0 radical (unpaired) electrons. The maximum absolute atomic E-state index is 13.4. The lowest BCUT2D eigenvalue weighted by atomic mass is 9.92. The van der Waals surface area contributed by atoms with E-state index in [1.54, 1.807) is 7.11 Å². The van der Waals surface area contributed by atoms with Gasteiger partial charge in [0, 0.05) is 33.9 Å².